The molecule has 0 saturated carbocycles. The zero-order valence-corrected chi connectivity index (χ0v) is 18.0. The van der Waals surface area contributed by atoms with E-state index in [1.807, 2.05) is 81.4 Å². The highest BCUT2D eigenvalue weighted by molar-refractivity contribution is 5.95. The summed E-state index contributed by atoms with van der Waals surface area (Å²) >= 11 is 0. The maximum absolute atomic E-state index is 13.3. The van der Waals surface area contributed by atoms with Gasteiger partial charge < -0.3 is 15.0 Å². The maximum Gasteiger partial charge on any atom is 0.410 e. The van der Waals surface area contributed by atoms with Gasteiger partial charge in [-0.05, 0) is 37.8 Å². The summed E-state index contributed by atoms with van der Waals surface area (Å²) in [6.07, 6.45) is 1.36. The van der Waals surface area contributed by atoms with Crippen LogP contribution in [-0.4, -0.2) is 40.6 Å². The van der Waals surface area contributed by atoms with Crippen molar-refractivity contribution in [1.82, 2.24) is 9.88 Å². The molecule has 0 spiro atoms. The zero-order chi connectivity index (χ0) is 22.0. The molecule has 2 atom stereocenters. The van der Waals surface area contributed by atoms with Gasteiger partial charge in [-0.3, -0.25) is 4.79 Å². The van der Waals surface area contributed by atoms with Crippen LogP contribution < -0.4 is 5.32 Å². The molecule has 31 heavy (non-hydrogen) atoms. The highest BCUT2D eigenvalue weighted by atomic mass is 16.6. The molecule has 1 N–H and O–H groups in total. The Labute approximate surface area is 182 Å². The summed E-state index contributed by atoms with van der Waals surface area (Å²) in [5.74, 6) is -0.161. The van der Waals surface area contributed by atoms with Gasteiger partial charge in [0.25, 0.3) is 0 Å². The Hall–Kier alpha value is -3.41. The Balaban J connectivity index is 1.56. The molecule has 0 bridgehead atoms. The molecular formula is C25H27N3O3. The van der Waals surface area contributed by atoms with Crippen LogP contribution in [0.3, 0.4) is 0 Å². The van der Waals surface area contributed by atoms with Gasteiger partial charge in [-0.2, -0.15) is 0 Å². The van der Waals surface area contributed by atoms with E-state index in [9.17, 15) is 9.59 Å². The minimum Gasteiger partial charge on any atom is -0.444 e. The van der Waals surface area contributed by atoms with Crippen molar-refractivity contribution >= 4 is 28.6 Å². The molecule has 0 aliphatic carbocycles. The smallest absolute Gasteiger partial charge is 0.410 e. The highest BCUT2D eigenvalue weighted by Crippen LogP contribution is 2.34. The number of carbonyl (C=O) groups is 2. The van der Waals surface area contributed by atoms with Crippen LogP contribution in [0, 0.1) is 5.92 Å². The monoisotopic (exact) mass is 417 g/mol. The van der Waals surface area contributed by atoms with Crippen LogP contribution >= 0.6 is 0 Å². The van der Waals surface area contributed by atoms with Gasteiger partial charge in [0, 0.05) is 30.6 Å². The highest BCUT2D eigenvalue weighted by Gasteiger charge is 2.41. The second-order valence-corrected chi connectivity index (χ2v) is 8.91. The van der Waals surface area contributed by atoms with Gasteiger partial charge >= 0.3 is 6.09 Å². The molecular weight excluding hydrogens is 390 g/mol. The lowest BCUT2D eigenvalue weighted by atomic mass is 9.88. The number of benzene rings is 2. The van der Waals surface area contributed by atoms with Crippen molar-refractivity contribution in [1.29, 1.82) is 0 Å². The second-order valence-electron chi connectivity index (χ2n) is 8.91. The van der Waals surface area contributed by atoms with Crippen LogP contribution in [0.25, 0.3) is 10.8 Å². The fourth-order valence-corrected chi connectivity index (χ4v) is 3.95. The molecule has 1 saturated heterocycles. The summed E-state index contributed by atoms with van der Waals surface area (Å²) < 4.78 is 5.54. The van der Waals surface area contributed by atoms with E-state index >= 15 is 0 Å². The Kier molecular flexibility index (Phi) is 5.63. The molecule has 0 radical (unpaired) electrons. The standard InChI is InChI=1S/C25H27N3O3/c1-25(2,3)31-24(30)28-15-20(17-9-5-4-6-10-17)21(16-28)23(29)27-22-13-18-11-7-8-12-19(18)14-26-22/h4-14,20-21H,15-16H2,1-3H3,(H,26,27,29)/t20-,21+/m1/s1. The van der Waals surface area contributed by atoms with E-state index in [1.54, 1.807) is 11.1 Å². The quantitative estimate of drug-likeness (QED) is 0.663. The number of aromatic nitrogens is 1. The molecule has 0 unspecified atom stereocenters. The van der Waals surface area contributed by atoms with Crippen LogP contribution in [0.15, 0.2) is 66.9 Å². The lowest BCUT2D eigenvalue weighted by molar-refractivity contribution is -0.119. The topological polar surface area (TPSA) is 71.5 Å². The average Bonchev–Trinajstić information content (AvgIpc) is 3.19. The van der Waals surface area contributed by atoms with Gasteiger partial charge in [0.05, 0.1) is 5.92 Å². The molecule has 6 nitrogen and oxygen atoms in total. The summed E-state index contributed by atoms with van der Waals surface area (Å²) in [6, 6.07) is 19.6. The van der Waals surface area contributed by atoms with Crippen molar-refractivity contribution in [2.75, 3.05) is 18.4 Å². The minimum atomic E-state index is -0.589. The zero-order valence-electron chi connectivity index (χ0n) is 18.0. The first-order chi connectivity index (χ1) is 14.8. The number of nitrogens with zero attached hydrogens (tertiary/aromatic N) is 2. The van der Waals surface area contributed by atoms with Gasteiger partial charge in [0.2, 0.25) is 5.91 Å². The number of hydrogen-bond acceptors (Lipinski definition) is 4. The summed E-state index contributed by atoms with van der Waals surface area (Å²) in [7, 11) is 0. The predicted molar refractivity (Wildman–Crippen MR) is 121 cm³/mol. The molecule has 160 valence electrons. The normalized spacial score (nSPS) is 18.7. The molecule has 1 aliphatic rings. The van der Waals surface area contributed by atoms with E-state index < -0.39 is 17.6 Å². The number of ether oxygens (including phenoxy) is 1. The third-order valence-corrected chi connectivity index (χ3v) is 5.42. The van der Waals surface area contributed by atoms with E-state index in [0.717, 1.165) is 16.3 Å². The third-order valence-electron chi connectivity index (χ3n) is 5.42. The van der Waals surface area contributed by atoms with Crippen molar-refractivity contribution in [3.63, 3.8) is 0 Å². The van der Waals surface area contributed by atoms with Gasteiger partial charge in [-0.1, -0.05) is 54.6 Å². The first kappa shape index (κ1) is 20.8. The number of likely N-dealkylation sites (tertiary alicyclic amines) is 1. The van der Waals surface area contributed by atoms with E-state index in [4.69, 9.17) is 4.74 Å². The molecule has 4 rings (SSSR count). The molecule has 1 fully saturated rings. The van der Waals surface area contributed by atoms with Crippen LogP contribution in [0.5, 0.6) is 0 Å². The Bertz CT molecular complexity index is 1090. The van der Waals surface area contributed by atoms with Crippen LogP contribution in [0.1, 0.15) is 32.3 Å². The first-order valence-corrected chi connectivity index (χ1v) is 10.5. The molecule has 3 aromatic rings. The summed E-state index contributed by atoms with van der Waals surface area (Å²) in [6.45, 7) is 6.25. The molecule has 1 aliphatic heterocycles. The largest absolute Gasteiger partial charge is 0.444 e. The number of hydrogen-bond donors (Lipinski definition) is 1. The third kappa shape index (κ3) is 4.85. The Morgan fingerprint density at radius 1 is 1.00 bits per heavy atom. The number of anilines is 1. The van der Waals surface area contributed by atoms with Crippen molar-refractivity contribution in [2.24, 2.45) is 5.92 Å². The fraction of sp³-hybridized carbons (Fsp3) is 0.320. The molecule has 1 aromatic heterocycles. The van der Waals surface area contributed by atoms with Gasteiger partial charge in [0.15, 0.2) is 0 Å². The molecule has 6 heteroatoms. The van der Waals surface area contributed by atoms with E-state index in [2.05, 4.69) is 10.3 Å². The van der Waals surface area contributed by atoms with Crippen molar-refractivity contribution in [3.8, 4) is 0 Å². The van der Waals surface area contributed by atoms with Gasteiger partial charge in [-0.25, -0.2) is 9.78 Å². The number of carbonyl (C=O) groups excluding carboxylic acids is 2. The minimum absolute atomic E-state index is 0.117. The number of amides is 2. The van der Waals surface area contributed by atoms with Crippen LogP contribution in [0.4, 0.5) is 10.6 Å². The van der Waals surface area contributed by atoms with E-state index in [1.165, 1.54) is 0 Å². The second kappa shape index (κ2) is 8.38. The first-order valence-electron chi connectivity index (χ1n) is 10.5. The van der Waals surface area contributed by atoms with Crippen LogP contribution in [0.2, 0.25) is 0 Å². The van der Waals surface area contributed by atoms with Crippen LogP contribution in [-0.2, 0) is 9.53 Å². The number of fused-ring (bicyclic) bond motifs is 1. The number of nitrogens with one attached hydrogen (secondary N) is 1. The van der Waals surface area contributed by atoms with Crippen molar-refractivity contribution in [2.45, 2.75) is 32.3 Å². The predicted octanol–water partition coefficient (Wildman–Crippen LogP) is 4.82. The molecule has 2 aromatic carbocycles. The van der Waals surface area contributed by atoms with Crippen molar-refractivity contribution < 1.29 is 14.3 Å². The SMILES string of the molecule is CC(C)(C)OC(=O)N1C[C@H](C(=O)Nc2cc3ccccc3cn2)[C@@H](c2ccccc2)C1. The Morgan fingerprint density at radius 2 is 1.68 bits per heavy atom. The molecule has 2 amide bonds. The Morgan fingerprint density at radius 3 is 2.39 bits per heavy atom. The average molecular weight is 418 g/mol. The molecule has 2 heterocycles. The van der Waals surface area contributed by atoms with E-state index in [0.29, 0.717) is 18.9 Å². The van der Waals surface area contributed by atoms with Crippen molar-refractivity contribution in [3.05, 3.63) is 72.4 Å². The fourth-order valence-electron chi connectivity index (χ4n) is 3.95. The lowest BCUT2D eigenvalue weighted by Crippen LogP contribution is -2.36. The maximum atomic E-state index is 13.3. The summed E-state index contributed by atoms with van der Waals surface area (Å²) in [5, 5.41) is 4.98. The lowest BCUT2D eigenvalue weighted by Gasteiger charge is -2.24. The van der Waals surface area contributed by atoms with Gasteiger partial charge in [-0.15, -0.1) is 0 Å². The number of rotatable bonds is 3. The summed E-state index contributed by atoms with van der Waals surface area (Å²) in [4.78, 5) is 31.9. The van der Waals surface area contributed by atoms with Gasteiger partial charge in [0.1, 0.15) is 11.4 Å². The van der Waals surface area contributed by atoms with E-state index in [-0.39, 0.29) is 11.8 Å². The summed E-state index contributed by atoms with van der Waals surface area (Å²) in [5.41, 5.74) is 0.439. The number of pyridine rings is 1.